The van der Waals surface area contributed by atoms with Crippen molar-refractivity contribution in [3.63, 3.8) is 0 Å². The average Bonchev–Trinajstić information content (AvgIpc) is 3.21. The Morgan fingerprint density at radius 3 is 3.03 bits per heavy atom. The van der Waals surface area contributed by atoms with E-state index in [4.69, 9.17) is 15.2 Å². The van der Waals surface area contributed by atoms with Crippen molar-refractivity contribution < 1.29 is 9.47 Å². The molecule has 2 heterocycles. The molecule has 3 aromatic rings. The first-order valence-corrected chi connectivity index (χ1v) is 11.7. The van der Waals surface area contributed by atoms with Gasteiger partial charge in [-0.2, -0.15) is 5.26 Å². The predicted octanol–water partition coefficient (Wildman–Crippen LogP) is 4.51. The molecule has 0 aliphatic heterocycles. The van der Waals surface area contributed by atoms with Gasteiger partial charge in [0.2, 0.25) is 0 Å². The van der Waals surface area contributed by atoms with Crippen molar-refractivity contribution >= 4 is 17.4 Å². The number of thioether (sulfide) groups is 1. The largest absolute Gasteiger partial charge is 0.490 e. The highest BCUT2D eigenvalue weighted by Crippen LogP contribution is 2.37. The number of nitrogens with zero attached hydrogens (tertiary/aromatic N) is 3. The molecule has 0 spiro atoms. The predicted molar refractivity (Wildman–Crippen MR) is 123 cm³/mol. The molecule has 0 radical (unpaired) electrons. The number of nitriles is 1. The number of imidazole rings is 1. The molecule has 162 valence electrons. The lowest BCUT2D eigenvalue weighted by Gasteiger charge is -2.37. The Balaban J connectivity index is 1.65. The molecular weight excluding hydrogens is 408 g/mol. The van der Waals surface area contributed by atoms with Gasteiger partial charge in [0, 0.05) is 30.4 Å². The normalized spacial score (nSPS) is 21.2. The van der Waals surface area contributed by atoms with E-state index in [-0.39, 0.29) is 0 Å². The minimum atomic E-state index is -0.410. The topological polar surface area (TPSA) is 85.6 Å². The maximum absolute atomic E-state index is 9.83. The highest BCUT2D eigenvalue weighted by molar-refractivity contribution is 7.98. The van der Waals surface area contributed by atoms with E-state index in [0.717, 1.165) is 54.1 Å². The van der Waals surface area contributed by atoms with E-state index in [2.05, 4.69) is 11.1 Å². The third kappa shape index (κ3) is 4.57. The van der Waals surface area contributed by atoms with Gasteiger partial charge in [-0.25, -0.2) is 4.98 Å². The lowest BCUT2D eigenvalue weighted by Crippen LogP contribution is -2.49. The van der Waals surface area contributed by atoms with Crippen molar-refractivity contribution in [3.8, 4) is 23.1 Å². The lowest BCUT2D eigenvalue weighted by atomic mass is 9.77. The van der Waals surface area contributed by atoms with Crippen LogP contribution in [0.3, 0.4) is 0 Å². The Labute approximate surface area is 187 Å². The number of hydrogen-bond acceptors (Lipinski definition) is 6. The van der Waals surface area contributed by atoms with Crippen LogP contribution < -0.4 is 10.5 Å². The summed E-state index contributed by atoms with van der Waals surface area (Å²) in [6.45, 7) is 1.11. The van der Waals surface area contributed by atoms with Gasteiger partial charge in [0.25, 0.3) is 0 Å². The fourth-order valence-electron chi connectivity index (χ4n) is 4.52. The number of rotatable bonds is 7. The van der Waals surface area contributed by atoms with Gasteiger partial charge in [0.15, 0.2) is 0 Å². The highest BCUT2D eigenvalue weighted by Gasteiger charge is 2.34. The van der Waals surface area contributed by atoms with Crippen molar-refractivity contribution in [1.82, 2.24) is 9.38 Å². The molecule has 6 nitrogen and oxygen atoms in total. The number of aromatic nitrogens is 2. The number of ether oxygens (including phenoxy) is 2. The van der Waals surface area contributed by atoms with Crippen LogP contribution in [0.1, 0.15) is 31.2 Å². The minimum Gasteiger partial charge on any atom is -0.490 e. The summed E-state index contributed by atoms with van der Waals surface area (Å²) in [7, 11) is 1.73. The lowest BCUT2D eigenvalue weighted by molar-refractivity contribution is 0.0833. The zero-order chi connectivity index (χ0) is 21.8. The van der Waals surface area contributed by atoms with Crippen LogP contribution in [0.4, 0.5) is 0 Å². The molecule has 31 heavy (non-hydrogen) atoms. The molecule has 1 saturated carbocycles. The maximum Gasteiger partial charge on any atom is 0.138 e. The summed E-state index contributed by atoms with van der Waals surface area (Å²) in [4.78, 5) is 5.38. The molecule has 4 rings (SSSR count). The minimum absolute atomic E-state index is 0.381. The Morgan fingerprint density at radius 2 is 2.26 bits per heavy atom. The maximum atomic E-state index is 9.83. The van der Waals surface area contributed by atoms with Crippen LogP contribution in [0.5, 0.6) is 5.75 Å². The number of nitrogens with two attached hydrogens (primary N) is 1. The van der Waals surface area contributed by atoms with E-state index in [9.17, 15) is 5.26 Å². The quantitative estimate of drug-likeness (QED) is 0.549. The Hall–Kier alpha value is -2.53. The summed E-state index contributed by atoms with van der Waals surface area (Å²) in [5.74, 6) is 1.03. The summed E-state index contributed by atoms with van der Waals surface area (Å²) in [6.07, 6.45) is 9.79. The highest BCUT2D eigenvalue weighted by atomic mass is 32.2. The molecule has 7 heteroatoms. The molecule has 1 aliphatic carbocycles. The fourth-order valence-corrected chi connectivity index (χ4v) is 5.12. The molecule has 1 aromatic carbocycles. The van der Waals surface area contributed by atoms with E-state index < -0.39 is 5.54 Å². The fraction of sp³-hybridized carbons (Fsp3) is 0.417. The Bertz CT molecular complexity index is 1100. The van der Waals surface area contributed by atoms with Crippen LogP contribution in [-0.4, -0.2) is 41.5 Å². The third-order valence-electron chi connectivity index (χ3n) is 6.01. The van der Waals surface area contributed by atoms with E-state index in [1.165, 1.54) is 11.8 Å². The zero-order valence-corrected chi connectivity index (χ0v) is 18.8. The molecule has 2 atom stereocenters. The number of pyridine rings is 1. The zero-order valence-electron chi connectivity index (χ0n) is 18.0. The molecule has 0 amide bonds. The Kier molecular flexibility index (Phi) is 6.51. The van der Waals surface area contributed by atoms with Gasteiger partial charge in [0.05, 0.1) is 17.4 Å². The standard InChI is InChI=1S/C24H28N4O2S/c1-29-15-17-6-5-8-24(26,12-17)16-30-21-10-18(11-22(31-2)19(21)13-25)20-14-27-23-7-3-4-9-28(20)23/h3-4,7,9-11,14,17H,5-6,8,12,15-16,26H2,1-2H3/t17?,24-/m0/s1. The second kappa shape index (κ2) is 9.31. The van der Waals surface area contributed by atoms with Crippen molar-refractivity contribution in [2.75, 3.05) is 26.6 Å². The van der Waals surface area contributed by atoms with Crippen molar-refractivity contribution in [2.24, 2.45) is 11.7 Å². The summed E-state index contributed by atoms with van der Waals surface area (Å²) < 4.78 is 13.6. The van der Waals surface area contributed by atoms with E-state index in [1.54, 1.807) is 7.11 Å². The smallest absolute Gasteiger partial charge is 0.138 e. The first kappa shape index (κ1) is 21.7. The van der Waals surface area contributed by atoms with Gasteiger partial charge in [-0.1, -0.05) is 12.5 Å². The molecule has 1 unspecified atom stereocenters. The van der Waals surface area contributed by atoms with Crippen LogP contribution in [0.15, 0.2) is 47.6 Å². The van der Waals surface area contributed by atoms with Gasteiger partial charge in [-0.05, 0) is 55.7 Å². The Morgan fingerprint density at radius 1 is 1.39 bits per heavy atom. The van der Waals surface area contributed by atoms with Crippen LogP contribution >= 0.6 is 11.8 Å². The molecule has 2 N–H and O–H groups in total. The molecule has 1 fully saturated rings. The van der Waals surface area contributed by atoms with Gasteiger partial charge in [-0.15, -0.1) is 11.8 Å². The van der Waals surface area contributed by atoms with Crippen LogP contribution in [0, 0.1) is 17.2 Å². The monoisotopic (exact) mass is 436 g/mol. The van der Waals surface area contributed by atoms with E-state index >= 15 is 0 Å². The average molecular weight is 437 g/mol. The van der Waals surface area contributed by atoms with Crippen molar-refractivity contribution in [2.45, 2.75) is 36.1 Å². The van der Waals surface area contributed by atoms with E-state index in [1.807, 2.05) is 53.4 Å². The van der Waals surface area contributed by atoms with Crippen molar-refractivity contribution in [3.05, 3.63) is 48.3 Å². The second-order valence-corrected chi connectivity index (χ2v) is 9.15. The summed E-state index contributed by atoms with van der Waals surface area (Å²) in [5, 5.41) is 9.83. The summed E-state index contributed by atoms with van der Waals surface area (Å²) in [6, 6.07) is 12.2. The second-order valence-electron chi connectivity index (χ2n) is 8.30. The molecule has 2 aromatic heterocycles. The van der Waals surface area contributed by atoms with Crippen LogP contribution in [0.25, 0.3) is 16.9 Å². The SMILES string of the molecule is COCC1CCC[C@@](N)(COc2cc(-c3cnc4ccccn34)cc(SC)c2C#N)C1. The third-order valence-corrected chi connectivity index (χ3v) is 6.77. The molecule has 0 bridgehead atoms. The molecular formula is C24H28N4O2S. The number of methoxy groups -OCH3 is 1. The van der Waals surface area contributed by atoms with Crippen LogP contribution in [0.2, 0.25) is 0 Å². The van der Waals surface area contributed by atoms with Crippen LogP contribution in [-0.2, 0) is 4.74 Å². The van der Waals surface area contributed by atoms with Crippen molar-refractivity contribution in [1.29, 1.82) is 5.26 Å². The van der Waals surface area contributed by atoms with Gasteiger partial charge >= 0.3 is 0 Å². The summed E-state index contributed by atoms with van der Waals surface area (Å²) >= 11 is 1.54. The molecule has 0 saturated heterocycles. The number of fused-ring (bicyclic) bond motifs is 1. The van der Waals surface area contributed by atoms with E-state index in [0.29, 0.717) is 23.8 Å². The molecule has 1 aliphatic rings. The number of hydrogen-bond donors (Lipinski definition) is 1. The number of benzene rings is 1. The first-order valence-electron chi connectivity index (χ1n) is 10.5. The first-order chi connectivity index (χ1) is 15.1. The summed E-state index contributed by atoms with van der Waals surface area (Å²) in [5.41, 5.74) is 9.66. The van der Waals surface area contributed by atoms with Gasteiger partial charge in [0.1, 0.15) is 29.6 Å². The van der Waals surface area contributed by atoms with Gasteiger partial charge < -0.3 is 15.2 Å². The van der Waals surface area contributed by atoms with Gasteiger partial charge in [-0.3, -0.25) is 4.40 Å².